The first-order valence-electron chi connectivity index (χ1n) is 7.38. The van der Waals surface area contributed by atoms with E-state index in [-0.39, 0.29) is 6.42 Å². The van der Waals surface area contributed by atoms with Crippen LogP contribution in [0, 0.1) is 0 Å². The molecule has 1 aliphatic heterocycles. The van der Waals surface area contributed by atoms with E-state index in [1.54, 1.807) is 56.5 Å². The Kier molecular flexibility index (Phi) is 4.20. The van der Waals surface area contributed by atoms with E-state index < -0.39 is 17.5 Å². The highest BCUT2D eigenvalue weighted by Crippen LogP contribution is 2.31. The zero-order valence-electron chi connectivity index (χ0n) is 13.3. The summed E-state index contributed by atoms with van der Waals surface area (Å²) in [5.74, 6) is -0.237. The number of esters is 1. The van der Waals surface area contributed by atoms with Crippen molar-refractivity contribution in [1.82, 2.24) is 0 Å². The van der Waals surface area contributed by atoms with E-state index in [1.807, 2.05) is 0 Å². The molecule has 0 aromatic heterocycles. The van der Waals surface area contributed by atoms with Crippen LogP contribution >= 0.6 is 11.6 Å². The number of hydrogen-bond acceptors (Lipinski definition) is 4. The van der Waals surface area contributed by atoms with Crippen LogP contribution < -0.4 is 10.1 Å². The van der Waals surface area contributed by atoms with Gasteiger partial charge < -0.3 is 14.8 Å². The lowest BCUT2D eigenvalue weighted by molar-refractivity contribution is -0.134. The van der Waals surface area contributed by atoms with Gasteiger partial charge in [-0.05, 0) is 55.0 Å². The predicted octanol–water partition coefficient (Wildman–Crippen LogP) is 3.46. The van der Waals surface area contributed by atoms with Crippen LogP contribution in [0.3, 0.4) is 0 Å². The number of anilines is 1. The van der Waals surface area contributed by atoms with E-state index in [9.17, 15) is 9.59 Å². The number of nitrogens with one attached hydrogen (secondary N) is 1. The highest BCUT2D eigenvalue weighted by molar-refractivity contribution is 6.30. The molecule has 2 aromatic carbocycles. The highest BCUT2D eigenvalue weighted by Gasteiger charge is 2.42. The third kappa shape index (κ3) is 3.08. The van der Waals surface area contributed by atoms with Gasteiger partial charge in [0.1, 0.15) is 5.75 Å². The number of hydrogen-bond donors (Lipinski definition) is 1. The van der Waals surface area contributed by atoms with Crippen LogP contribution in [0.15, 0.2) is 42.5 Å². The number of carbonyl (C=O) groups excluding carboxylic acids is 2. The van der Waals surface area contributed by atoms with E-state index in [4.69, 9.17) is 21.1 Å². The van der Waals surface area contributed by atoms with Crippen LogP contribution in [-0.2, 0) is 16.0 Å². The van der Waals surface area contributed by atoms with Gasteiger partial charge in [-0.25, -0.2) is 4.79 Å². The van der Waals surface area contributed by atoms with Crippen LogP contribution in [0.5, 0.6) is 5.75 Å². The molecule has 0 aliphatic carbocycles. The summed E-state index contributed by atoms with van der Waals surface area (Å²) < 4.78 is 10.5. The molecule has 0 spiro atoms. The van der Waals surface area contributed by atoms with Crippen molar-refractivity contribution in [2.24, 2.45) is 0 Å². The number of fused-ring (bicyclic) bond motifs is 1. The van der Waals surface area contributed by atoms with E-state index in [1.165, 1.54) is 0 Å². The number of carbonyl (C=O) groups is 2. The quantitative estimate of drug-likeness (QED) is 0.865. The van der Waals surface area contributed by atoms with Gasteiger partial charge in [-0.15, -0.1) is 0 Å². The van der Waals surface area contributed by atoms with Crippen LogP contribution in [0.1, 0.15) is 22.8 Å². The maximum Gasteiger partial charge on any atom is 0.339 e. The van der Waals surface area contributed by atoms with Gasteiger partial charge in [0.25, 0.3) is 5.91 Å². The minimum absolute atomic E-state index is 0.261. The molecular weight excluding hydrogens is 330 g/mol. The summed E-state index contributed by atoms with van der Waals surface area (Å²) >= 11 is 5.99. The normalized spacial score (nSPS) is 19.2. The Hall–Kier alpha value is -2.53. The standard InChI is InChI=1S/C18H16ClNO4/c1-18(17(22)20-13-4-6-14(23-2)7-5-13)10-11-9-12(19)3-8-15(11)16(21)24-18/h3-9H,10H2,1-2H3,(H,20,22)/t18-/m1/s1. The topological polar surface area (TPSA) is 64.6 Å². The summed E-state index contributed by atoms with van der Waals surface area (Å²) in [5, 5.41) is 3.28. The molecule has 1 atom stereocenters. The summed E-state index contributed by atoms with van der Waals surface area (Å²) in [7, 11) is 1.57. The van der Waals surface area contributed by atoms with Gasteiger partial charge in [-0.3, -0.25) is 4.79 Å². The fourth-order valence-corrected chi connectivity index (χ4v) is 2.83. The molecule has 2 aromatic rings. The Labute approximate surface area is 144 Å². The van der Waals surface area contributed by atoms with Gasteiger partial charge in [0.05, 0.1) is 12.7 Å². The first-order valence-corrected chi connectivity index (χ1v) is 7.76. The number of benzene rings is 2. The number of cyclic esters (lactones) is 1. The molecule has 0 saturated heterocycles. The molecule has 5 nitrogen and oxygen atoms in total. The first kappa shape index (κ1) is 16.3. The van der Waals surface area contributed by atoms with Gasteiger partial charge in [0.2, 0.25) is 0 Å². The Balaban J connectivity index is 1.82. The second kappa shape index (κ2) is 6.17. The van der Waals surface area contributed by atoms with Gasteiger partial charge in [-0.2, -0.15) is 0 Å². The van der Waals surface area contributed by atoms with Crippen molar-refractivity contribution in [3.63, 3.8) is 0 Å². The molecule has 0 radical (unpaired) electrons. The molecule has 1 amide bonds. The molecule has 124 valence electrons. The molecule has 0 unspecified atom stereocenters. The second-order valence-electron chi connectivity index (χ2n) is 5.78. The summed E-state index contributed by atoms with van der Waals surface area (Å²) in [6.45, 7) is 1.59. The van der Waals surface area contributed by atoms with Gasteiger partial charge >= 0.3 is 5.97 Å². The number of rotatable bonds is 3. The van der Waals surface area contributed by atoms with Crippen LogP contribution in [0.4, 0.5) is 5.69 Å². The average molecular weight is 346 g/mol. The zero-order chi connectivity index (χ0) is 17.3. The van der Waals surface area contributed by atoms with Crippen molar-refractivity contribution in [1.29, 1.82) is 0 Å². The number of amides is 1. The second-order valence-corrected chi connectivity index (χ2v) is 6.22. The van der Waals surface area contributed by atoms with Crippen molar-refractivity contribution in [2.75, 3.05) is 12.4 Å². The predicted molar refractivity (Wildman–Crippen MR) is 90.6 cm³/mol. The third-order valence-electron chi connectivity index (χ3n) is 3.96. The Bertz CT molecular complexity index is 803. The maximum absolute atomic E-state index is 12.6. The van der Waals surface area contributed by atoms with Crippen molar-refractivity contribution in [3.8, 4) is 5.75 Å². The molecule has 1 aliphatic rings. The van der Waals surface area contributed by atoms with Crippen molar-refractivity contribution >= 4 is 29.2 Å². The van der Waals surface area contributed by atoms with Crippen molar-refractivity contribution < 1.29 is 19.1 Å². The molecule has 24 heavy (non-hydrogen) atoms. The highest BCUT2D eigenvalue weighted by atomic mass is 35.5. The molecule has 6 heteroatoms. The van der Waals surface area contributed by atoms with E-state index in [0.717, 1.165) is 0 Å². The average Bonchev–Trinajstić information content (AvgIpc) is 2.55. The SMILES string of the molecule is COc1ccc(NC(=O)[C@@]2(C)Cc3cc(Cl)ccc3C(=O)O2)cc1. The van der Waals surface area contributed by atoms with E-state index in [0.29, 0.717) is 27.6 Å². The Morgan fingerprint density at radius 2 is 1.96 bits per heavy atom. The zero-order valence-corrected chi connectivity index (χ0v) is 14.0. The number of methoxy groups -OCH3 is 1. The Morgan fingerprint density at radius 3 is 2.62 bits per heavy atom. The fourth-order valence-electron chi connectivity index (χ4n) is 2.63. The van der Waals surface area contributed by atoms with Crippen molar-refractivity contribution in [3.05, 3.63) is 58.6 Å². The monoisotopic (exact) mass is 345 g/mol. The molecule has 0 saturated carbocycles. The first-order chi connectivity index (χ1) is 11.4. The van der Waals surface area contributed by atoms with E-state index >= 15 is 0 Å². The fraction of sp³-hybridized carbons (Fsp3) is 0.222. The van der Waals surface area contributed by atoms with Crippen molar-refractivity contribution in [2.45, 2.75) is 18.9 Å². The number of ether oxygens (including phenoxy) is 2. The summed E-state index contributed by atoms with van der Waals surface area (Å²) in [4.78, 5) is 24.8. The smallest absolute Gasteiger partial charge is 0.339 e. The van der Waals surface area contributed by atoms with E-state index in [2.05, 4.69) is 5.32 Å². The van der Waals surface area contributed by atoms with Gasteiger partial charge in [-0.1, -0.05) is 11.6 Å². The summed E-state index contributed by atoms with van der Waals surface area (Å²) in [5.41, 5.74) is 0.435. The lowest BCUT2D eigenvalue weighted by Gasteiger charge is -2.33. The third-order valence-corrected chi connectivity index (χ3v) is 4.20. The van der Waals surface area contributed by atoms with Crippen LogP contribution in [0.25, 0.3) is 0 Å². The van der Waals surface area contributed by atoms with Crippen LogP contribution in [-0.4, -0.2) is 24.6 Å². The molecular formula is C18H16ClNO4. The number of halogens is 1. The molecule has 1 N–H and O–H groups in total. The molecule has 1 heterocycles. The lowest BCUT2D eigenvalue weighted by atomic mass is 9.89. The summed E-state index contributed by atoms with van der Waals surface area (Å²) in [6.07, 6.45) is 0.261. The molecule has 3 rings (SSSR count). The lowest BCUT2D eigenvalue weighted by Crippen LogP contribution is -2.48. The van der Waals surface area contributed by atoms with Gasteiger partial charge in [0, 0.05) is 17.1 Å². The maximum atomic E-state index is 12.6. The molecule has 0 bridgehead atoms. The largest absolute Gasteiger partial charge is 0.497 e. The minimum Gasteiger partial charge on any atom is -0.497 e. The molecule has 0 fully saturated rings. The minimum atomic E-state index is -1.30. The van der Waals surface area contributed by atoms with Gasteiger partial charge in [0.15, 0.2) is 5.60 Å². The summed E-state index contributed by atoms with van der Waals surface area (Å²) in [6, 6.07) is 11.8. The van der Waals surface area contributed by atoms with Crippen LogP contribution in [0.2, 0.25) is 5.02 Å². The Morgan fingerprint density at radius 1 is 1.25 bits per heavy atom.